The van der Waals surface area contributed by atoms with E-state index >= 15 is 0 Å². The van der Waals surface area contributed by atoms with Crippen molar-refractivity contribution in [1.29, 1.82) is 0 Å². The molecule has 1 heterocycles. The van der Waals surface area contributed by atoms with Crippen LogP contribution in [0.1, 0.15) is 35.6 Å². The van der Waals surface area contributed by atoms with Crippen LogP contribution in [0.4, 0.5) is 0 Å². The van der Waals surface area contributed by atoms with E-state index in [2.05, 4.69) is 0 Å². The van der Waals surface area contributed by atoms with Gasteiger partial charge in [0.05, 0.1) is 20.3 Å². The first-order valence-electron chi connectivity index (χ1n) is 11.3. The third kappa shape index (κ3) is 5.50. The first-order valence-corrected chi connectivity index (χ1v) is 12.0. The van der Waals surface area contributed by atoms with Crippen LogP contribution in [0, 0.1) is 0 Å². The van der Waals surface area contributed by atoms with Crippen molar-refractivity contribution in [3.8, 4) is 17.2 Å². The number of halogens is 2. The summed E-state index contributed by atoms with van der Waals surface area (Å²) >= 11 is 12.8. The molecule has 1 fully saturated rings. The SMILES string of the molecule is COc1cc(C(c2ccc(Cl)cc2Cl)N2CCCC2C(=O)O)cc(OC)c1OCc1ccccc1. The monoisotopic (exact) mass is 515 g/mol. The van der Waals surface area contributed by atoms with Gasteiger partial charge in [0.2, 0.25) is 5.75 Å². The second-order valence-corrected chi connectivity index (χ2v) is 9.17. The molecule has 0 bridgehead atoms. The second-order valence-electron chi connectivity index (χ2n) is 8.33. The highest BCUT2D eigenvalue weighted by Gasteiger charge is 2.38. The van der Waals surface area contributed by atoms with Gasteiger partial charge in [-0.15, -0.1) is 0 Å². The Hall–Kier alpha value is -2.93. The number of methoxy groups -OCH3 is 2. The van der Waals surface area contributed by atoms with Crippen molar-refractivity contribution < 1.29 is 24.1 Å². The first kappa shape index (κ1) is 25.2. The molecule has 0 aromatic heterocycles. The summed E-state index contributed by atoms with van der Waals surface area (Å²) < 4.78 is 17.5. The van der Waals surface area contributed by atoms with Crippen LogP contribution in [-0.4, -0.2) is 42.8 Å². The number of nitrogens with zero attached hydrogens (tertiary/aromatic N) is 1. The largest absolute Gasteiger partial charge is 0.493 e. The molecule has 0 radical (unpaired) electrons. The van der Waals surface area contributed by atoms with E-state index in [1.807, 2.05) is 53.4 Å². The zero-order chi connectivity index (χ0) is 24.9. The maximum Gasteiger partial charge on any atom is 0.320 e. The maximum atomic E-state index is 12.1. The standard InChI is InChI=1S/C27H27Cl2NO5/c1-33-23-13-18(14-24(34-2)26(23)35-16-17-7-4-3-5-8-17)25(20-11-10-19(28)15-21(20)29)30-12-6-9-22(30)27(31)32/h3-5,7-8,10-11,13-15,22,25H,6,9,12,16H2,1-2H3,(H,31,32). The lowest BCUT2D eigenvalue weighted by molar-refractivity contribution is -0.142. The van der Waals surface area contributed by atoms with Gasteiger partial charge in [-0.3, -0.25) is 9.69 Å². The van der Waals surface area contributed by atoms with Gasteiger partial charge in [0.25, 0.3) is 0 Å². The van der Waals surface area contributed by atoms with Crippen LogP contribution in [0.5, 0.6) is 17.2 Å². The van der Waals surface area contributed by atoms with Crippen molar-refractivity contribution in [1.82, 2.24) is 4.90 Å². The number of benzene rings is 3. The van der Waals surface area contributed by atoms with Crippen LogP contribution >= 0.6 is 23.2 Å². The minimum absolute atomic E-state index is 0.340. The summed E-state index contributed by atoms with van der Waals surface area (Å²) in [4.78, 5) is 14.0. The van der Waals surface area contributed by atoms with Gasteiger partial charge in [-0.05, 0) is 53.8 Å². The number of aliphatic carboxylic acids is 1. The van der Waals surface area contributed by atoms with Crippen LogP contribution in [-0.2, 0) is 11.4 Å². The fourth-order valence-corrected chi connectivity index (χ4v) is 5.08. The van der Waals surface area contributed by atoms with Crippen LogP contribution in [0.15, 0.2) is 60.7 Å². The minimum Gasteiger partial charge on any atom is -0.493 e. The van der Waals surface area contributed by atoms with Crippen molar-refractivity contribution in [3.63, 3.8) is 0 Å². The zero-order valence-corrected chi connectivity index (χ0v) is 21.1. The van der Waals surface area contributed by atoms with Gasteiger partial charge in [-0.2, -0.15) is 0 Å². The van der Waals surface area contributed by atoms with Crippen LogP contribution in [0.3, 0.4) is 0 Å². The highest BCUT2D eigenvalue weighted by Crippen LogP contribution is 2.45. The van der Waals surface area contributed by atoms with Crippen molar-refractivity contribution in [2.75, 3.05) is 20.8 Å². The summed E-state index contributed by atoms with van der Waals surface area (Å²) in [6, 6.07) is 17.7. The van der Waals surface area contributed by atoms with E-state index in [9.17, 15) is 9.90 Å². The summed E-state index contributed by atoms with van der Waals surface area (Å²) in [6.07, 6.45) is 1.33. The number of carboxylic acid groups (broad SMARTS) is 1. The Bertz CT molecular complexity index is 1160. The number of hydrogen-bond donors (Lipinski definition) is 1. The molecule has 0 aliphatic carbocycles. The van der Waals surface area contributed by atoms with Gasteiger partial charge in [-0.25, -0.2) is 0 Å². The number of carboxylic acids is 1. The van der Waals surface area contributed by atoms with Crippen molar-refractivity contribution in [3.05, 3.63) is 87.4 Å². The number of ether oxygens (including phenoxy) is 3. The average molecular weight is 516 g/mol. The van der Waals surface area contributed by atoms with E-state index in [1.54, 1.807) is 26.4 Å². The Kier molecular flexibility index (Phi) is 8.06. The number of likely N-dealkylation sites (tertiary alicyclic amines) is 1. The minimum atomic E-state index is -0.862. The van der Waals surface area contributed by atoms with Crippen LogP contribution in [0.2, 0.25) is 10.0 Å². The lowest BCUT2D eigenvalue weighted by atomic mass is 9.95. The molecule has 3 aromatic carbocycles. The van der Waals surface area contributed by atoms with Crippen molar-refractivity contribution >= 4 is 29.2 Å². The molecule has 8 heteroatoms. The summed E-state index contributed by atoms with van der Waals surface area (Å²) in [7, 11) is 3.13. The molecule has 3 aromatic rings. The van der Waals surface area contributed by atoms with E-state index in [-0.39, 0.29) is 0 Å². The summed E-state index contributed by atoms with van der Waals surface area (Å²) in [6.45, 7) is 0.948. The van der Waals surface area contributed by atoms with Gasteiger partial charge in [-0.1, -0.05) is 59.6 Å². The lowest BCUT2D eigenvalue weighted by Crippen LogP contribution is -2.39. The highest BCUT2D eigenvalue weighted by molar-refractivity contribution is 6.35. The summed E-state index contributed by atoms with van der Waals surface area (Å²) in [5, 5.41) is 10.9. The number of carbonyl (C=O) groups is 1. The first-order chi connectivity index (χ1) is 16.9. The fraction of sp³-hybridized carbons (Fsp3) is 0.296. The molecule has 4 rings (SSSR count). The number of rotatable bonds is 9. The van der Waals surface area contributed by atoms with Gasteiger partial charge in [0.15, 0.2) is 11.5 Å². The van der Waals surface area contributed by atoms with E-state index in [0.29, 0.717) is 46.9 Å². The lowest BCUT2D eigenvalue weighted by Gasteiger charge is -2.33. The Labute approximate surface area is 214 Å². The smallest absolute Gasteiger partial charge is 0.320 e. The van der Waals surface area contributed by atoms with Gasteiger partial charge >= 0.3 is 5.97 Å². The summed E-state index contributed by atoms with van der Waals surface area (Å²) in [5.41, 5.74) is 2.54. The maximum absolute atomic E-state index is 12.1. The molecule has 0 saturated carbocycles. The predicted octanol–water partition coefficient (Wildman–Crippen LogP) is 6.23. The Morgan fingerprint density at radius 3 is 2.34 bits per heavy atom. The molecule has 0 amide bonds. The molecule has 6 nitrogen and oxygen atoms in total. The Balaban J connectivity index is 1.80. The molecular weight excluding hydrogens is 489 g/mol. The fourth-order valence-electron chi connectivity index (χ4n) is 4.57. The third-order valence-electron chi connectivity index (χ3n) is 6.19. The molecule has 1 aliphatic rings. The van der Waals surface area contributed by atoms with Crippen molar-refractivity contribution in [2.24, 2.45) is 0 Å². The predicted molar refractivity (Wildman–Crippen MR) is 136 cm³/mol. The van der Waals surface area contributed by atoms with E-state index in [1.165, 1.54) is 0 Å². The molecule has 35 heavy (non-hydrogen) atoms. The zero-order valence-electron chi connectivity index (χ0n) is 19.5. The van der Waals surface area contributed by atoms with Crippen LogP contribution < -0.4 is 14.2 Å². The second kappa shape index (κ2) is 11.2. The molecule has 1 saturated heterocycles. The molecule has 2 atom stereocenters. The van der Waals surface area contributed by atoms with E-state index < -0.39 is 18.1 Å². The molecule has 1 N–H and O–H groups in total. The molecule has 1 aliphatic heterocycles. The third-order valence-corrected chi connectivity index (χ3v) is 6.76. The normalized spacial score (nSPS) is 16.6. The number of hydrogen-bond acceptors (Lipinski definition) is 5. The van der Waals surface area contributed by atoms with Crippen LogP contribution in [0.25, 0.3) is 0 Å². The molecule has 0 spiro atoms. The van der Waals surface area contributed by atoms with Crippen molar-refractivity contribution in [2.45, 2.75) is 31.5 Å². The van der Waals surface area contributed by atoms with Gasteiger partial charge < -0.3 is 19.3 Å². The highest BCUT2D eigenvalue weighted by atomic mass is 35.5. The van der Waals surface area contributed by atoms with Gasteiger partial charge in [0, 0.05) is 16.6 Å². The molecular formula is C27H27Cl2NO5. The average Bonchev–Trinajstić information content (AvgIpc) is 3.34. The molecule has 184 valence electrons. The molecule has 2 unspecified atom stereocenters. The topological polar surface area (TPSA) is 68.2 Å². The summed E-state index contributed by atoms with van der Waals surface area (Å²) in [5.74, 6) is 0.576. The quantitative estimate of drug-likeness (QED) is 0.364. The Morgan fingerprint density at radius 1 is 1.06 bits per heavy atom. The Morgan fingerprint density at radius 2 is 1.74 bits per heavy atom. The van der Waals surface area contributed by atoms with E-state index in [0.717, 1.165) is 23.1 Å². The van der Waals surface area contributed by atoms with Gasteiger partial charge in [0.1, 0.15) is 12.6 Å². The van der Waals surface area contributed by atoms with E-state index in [4.69, 9.17) is 37.4 Å².